The van der Waals surface area contributed by atoms with Crippen molar-refractivity contribution in [3.8, 4) is 0 Å². The van der Waals surface area contributed by atoms with Crippen LogP contribution in [0.2, 0.25) is 0 Å². The lowest BCUT2D eigenvalue weighted by Gasteiger charge is -2.26. The molecule has 0 aromatic carbocycles. The number of hydrogen-bond acceptors (Lipinski definition) is 3. The Morgan fingerprint density at radius 2 is 1.83 bits per heavy atom. The number of hydrogen-bond donors (Lipinski definition) is 0. The Hall–Kier alpha value is -0.900. The number of carbonyl (C=O) groups is 2. The van der Waals surface area contributed by atoms with E-state index in [1.807, 2.05) is 0 Å². The number of Topliss-reactive ketones (excluding diaryl/α,β-unsaturated/α-hetero) is 1. The molecule has 18 heavy (non-hydrogen) atoms. The van der Waals surface area contributed by atoms with Crippen LogP contribution in [0.25, 0.3) is 0 Å². The monoisotopic (exact) mass is 253 g/mol. The van der Waals surface area contributed by atoms with Crippen molar-refractivity contribution >= 4 is 11.7 Å². The second-order valence-electron chi connectivity index (χ2n) is 5.44. The molecule has 4 heteroatoms. The summed E-state index contributed by atoms with van der Waals surface area (Å²) in [6.45, 7) is 2.05. The molecule has 102 valence electrons. The highest BCUT2D eigenvalue weighted by atomic mass is 16.5. The summed E-state index contributed by atoms with van der Waals surface area (Å²) >= 11 is 0. The maximum atomic E-state index is 11.8. The first-order valence-corrected chi connectivity index (χ1v) is 7.13. The lowest BCUT2D eigenvalue weighted by Crippen LogP contribution is -2.40. The van der Waals surface area contributed by atoms with Crippen molar-refractivity contribution in [2.75, 3.05) is 26.3 Å². The third kappa shape index (κ3) is 4.09. The average molecular weight is 253 g/mol. The predicted molar refractivity (Wildman–Crippen MR) is 68.2 cm³/mol. The number of ketones is 1. The standard InChI is InChI=1S/C14H23NO3/c16-13-6-8-15(9-7-13)14(17)11-18-10-12-4-2-1-3-5-12/h12H,1-11H2. The molecule has 1 aliphatic carbocycles. The molecule has 0 unspecified atom stereocenters. The van der Waals surface area contributed by atoms with Crippen LogP contribution in [0.15, 0.2) is 0 Å². The average Bonchev–Trinajstić information content (AvgIpc) is 2.40. The lowest BCUT2D eigenvalue weighted by atomic mass is 9.90. The van der Waals surface area contributed by atoms with Gasteiger partial charge in [0, 0.05) is 25.9 Å². The molecule has 0 N–H and O–H groups in total. The van der Waals surface area contributed by atoms with Gasteiger partial charge in [-0.25, -0.2) is 0 Å². The Balaban J connectivity index is 1.60. The van der Waals surface area contributed by atoms with Gasteiger partial charge < -0.3 is 9.64 Å². The highest BCUT2D eigenvalue weighted by molar-refractivity contribution is 5.83. The smallest absolute Gasteiger partial charge is 0.248 e. The Morgan fingerprint density at radius 3 is 2.50 bits per heavy atom. The summed E-state index contributed by atoms with van der Waals surface area (Å²) in [5.41, 5.74) is 0. The fourth-order valence-electron chi connectivity index (χ4n) is 2.76. The minimum atomic E-state index is 0.0401. The molecule has 2 rings (SSSR count). The summed E-state index contributed by atoms with van der Waals surface area (Å²) in [6.07, 6.45) is 7.45. The molecular weight excluding hydrogens is 230 g/mol. The van der Waals surface area contributed by atoms with Crippen LogP contribution in [-0.2, 0) is 14.3 Å². The number of rotatable bonds is 4. The van der Waals surface area contributed by atoms with E-state index < -0.39 is 0 Å². The summed E-state index contributed by atoms with van der Waals surface area (Å²) in [4.78, 5) is 24.7. The number of piperidine rings is 1. The molecule has 2 fully saturated rings. The van der Waals surface area contributed by atoms with Crippen LogP contribution in [0.5, 0.6) is 0 Å². The summed E-state index contributed by atoms with van der Waals surface area (Å²) in [5, 5.41) is 0. The van der Waals surface area contributed by atoms with E-state index >= 15 is 0 Å². The molecule has 1 aliphatic heterocycles. The highest BCUT2D eigenvalue weighted by Gasteiger charge is 2.21. The number of ether oxygens (including phenoxy) is 1. The van der Waals surface area contributed by atoms with Crippen LogP contribution < -0.4 is 0 Å². The molecule has 1 amide bonds. The first kappa shape index (κ1) is 13.5. The van der Waals surface area contributed by atoms with Gasteiger partial charge in [0.25, 0.3) is 0 Å². The van der Waals surface area contributed by atoms with Gasteiger partial charge in [-0.05, 0) is 18.8 Å². The van der Waals surface area contributed by atoms with E-state index in [1.165, 1.54) is 32.1 Å². The molecule has 0 aromatic heterocycles. The zero-order valence-corrected chi connectivity index (χ0v) is 11.0. The van der Waals surface area contributed by atoms with E-state index in [4.69, 9.17) is 4.74 Å². The third-order valence-corrected chi connectivity index (χ3v) is 3.98. The molecule has 1 saturated heterocycles. The Kier molecular flexibility index (Phi) is 5.17. The minimum absolute atomic E-state index is 0.0401. The largest absolute Gasteiger partial charge is 0.371 e. The van der Waals surface area contributed by atoms with Crippen LogP contribution in [0, 0.1) is 5.92 Å². The van der Waals surface area contributed by atoms with Crippen LogP contribution >= 0.6 is 0 Å². The number of nitrogens with zero attached hydrogens (tertiary/aromatic N) is 1. The molecule has 0 spiro atoms. The zero-order valence-electron chi connectivity index (χ0n) is 11.0. The quantitative estimate of drug-likeness (QED) is 0.767. The second kappa shape index (κ2) is 6.88. The van der Waals surface area contributed by atoms with Crippen LogP contribution in [0.1, 0.15) is 44.9 Å². The van der Waals surface area contributed by atoms with Gasteiger partial charge in [0.15, 0.2) is 0 Å². The van der Waals surface area contributed by atoms with Crippen molar-refractivity contribution in [2.45, 2.75) is 44.9 Å². The Bertz CT molecular complexity index is 287. The first-order valence-electron chi connectivity index (χ1n) is 7.13. The van der Waals surface area contributed by atoms with Crippen molar-refractivity contribution in [1.29, 1.82) is 0 Å². The number of amides is 1. The molecule has 0 atom stereocenters. The first-order chi connectivity index (χ1) is 8.75. The van der Waals surface area contributed by atoms with Crippen LogP contribution in [0.4, 0.5) is 0 Å². The van der Waals surface area contributed by atoms with E-state index in [0.29, 0.717) is 31.8 Å². The maximum absolute atomic E-state index is 11.8. The van der Waals surface area contributed by atoms with Gasteiger partial charge in [-0.2, -0.15) is 0 Å². The van der Waals surface area contributed by atoms with E-state index in [-0.39, 0.29) is 18.3 Å². The third-order valence-electron chi connectivity index (χ3n) is 3.98. The van der Waals surface area contributed by atoms with E-state index in [0.717, 1.165) is 6.61 Å². The van der Waals surface area contributed by atoms with Gasteiger partial charge >= 0.3 is 0 Å². The van der Waals surface area contributed by atoms with Crippen molar-refractivity contribution in [2.24, 2.45) is 5.92 Å². The van der Waals surface area contributed by atoms with Gasteiger partial charge in [0.1, 0.15) is 12.4 Å². The van der Waals surface area contributed by atoms with Crippen LogP contribution in [-0.4, -0.2) is 42.9 Å². The Morgan fingerprint density at radius 1 is 1.17 bits per heavy atom. The second-order valence-corrected chi connectivity index (χ2v) is 5.44. The van der Waals surface area contributed by atoms with Crippen molar-refractivity contribution in [3.63, 3.8) is 0 Å². The summed E-state index contributed by atoms with van der Waals surface area (Å²) < 4.78 is 5.54. The molecule has 1 saturated carbocycles. The fourth-order valence-corrected chi connectivity index (χ4v) is 2.76. The zero-order chi connectivity index (χ0) is 12.8. The molecule has 2 aliphatic rings. The molecule has 0 bridgehead atoms. The number of carbonyl (C=O) groups excluding carboxylic acids is 2. The van der Waals surface area contributed by atoms with E-state index in [1.54, 1.807) is 4.90 Å². The SMILES string of the molecule is O=C1CCN(C(=O)COCC2CCCCC2)CC1. The summed E-state index contributed by atoms with van der Waals surface area (Å²) in [6, 6.07) is 0. The number of likely N-dealkylation sites (tertiary alicyclic amines) is 1. The topological polar surface area (TPSA) is 46.6 Å². The molecule has 0 radical (unpaired) electrons. The van der Waals surface area contributed by atoms with Gasteiger partial charge in [-0.3, -0.25) is 9.59 Å². The lowest BCUT2D eigenvalue weighted by molar-refractivity contribution is -0.139. The van der Waals surface area contributed by atoms with E-state index in [2.05, 4.69) is 0 Å². The fraction of sp³-hybridized carbons (Fsp3) is 0.857. The minimum Gasteiger partial charge on any atom is -0.371 e. The highest BCUT2D eigenvalue weighted by Crippen LogP contribution is 2.23. The van der Waals surface area contributed by atoms with Crippen molar-refractivity contribution in [1.82, 2.24) is 4.90 Å². The molecule has 4 nitrogen and oxygen atoms in total. The predicted octanol–water partition coefficient (Wildman–Crippen LogP) is 1.77. The van der Waals surface area contributed by atoms with Gasteiger partial charge in [-0.1, -0.05) is 19.3 Å². The summed E-state index contributed by atoms with van der Waals surface area (Å²) in [7, 11) is 0. The van der Waals surface area contributed by atoms with Gasteiger partial charge in [0.05, 0.1) is 6.61 Å². The molecule has 0 aromatic rings. The van der Waals surface area contributed by atoms with Crippen molar-refractivity contribution < 1.29 is 14.3 Å². The Labute approximate surface area is 109 Å². The van der Waals surface area contributed by atoms with E-state index in [9.17, 15) is 9.59 Å². The summed E-state index contributed by atoms with van der Waals surface area (Å²) in [5.74, 6) is 0.954. The van der Waals surface area contributed by atoms with Gasteiger partial charge in [0.2, 0.25) is 5.91 Å². The van der Waals surface area contributed by atoms with Gasteiger partial charge in [-0.15, -0.1) is 0 Å². The maximum Gasteiger partial charge on any atom is 0.248 e. The van der Waals surface area contributed by atoms with Crippen molar-refractivity contribution in [3.05, 3.63) is 0 Å². The molecular formula is C14H23NO3. The molecule has 1 heterocycles. The normalized spacial score (nSPS) is 22.2. The van der Waals surface area contributed by atoms with Crippen LogP contribution in [0.3, 0.4) is 0 Å².